The summed E-state index contributed by atoms with van der Waals surface area (Å²) in [4.78, 5) is 0. The van der Waals surface area contributed by atoms with Crippen molar-refractivity contribution < 1.29 is 8.78 Å². The van der Waals surface area contributed by atoms with Crippen molar-refractivity contribution in [2.24, 2.45) is 17.6 Å². The Morgan fingerprint density at radius 3 is 2.07 bits per heavy atom. The maximum atomic E-state index is 12.9. The second-order valence-corrected chi connectivity index (χ2v) is 5.57. The molecule has 88 valence electrons. The van der Waals surface area contributed by atoms with E-state index in [0.29, 0.717) is 5.92 Å². The fourth-order valence-corrected chi connectivity index (χ4v) is 3.35. The fraction of sp³-hybridized carbons (Fsp3) is 1.00. The zero-order chi connectivity index (χ0) is 11.1. The molecule has 0 aromatic rings. The lowest BCUT2D eigenvalue weighted by Crippen LogP contribution is -2.62. The molecule has 0 atom stereocenters. The molecule has 0 bridgehead atoms. The minimum Gasteiger partial charge on any atom is -0.324 e. The molecule has 15 heavy (non-hydrogen) atoms. The molecule has 2 fully saturated rings. The van der Waals surface area contributed by atoms with Crippen molar-refractivity contribution in [2.45, 2.75) is 63.3 Å². The Hall–Kier alpha value is -0.180. The Balaban J connectivity index is 1.86. The van der Waals surface area contributed by atoms with Crippen LogP contribution < -0.4 is 5.73 Å². The van der Waals surface area contributed by atoms with Crippen molar-refractivity contribution in [1.29, 1.82) is 0 Å². The predicted octanol–water partition coefficient (Wildman–Crippen LogP) is 3.33. The van der Waals surface area contributed by atoms with Gasteiger partial charge in [0.15, 0.2) is 0 Å². The maximum absolute atomic E-state index is 12.9. The molecule has 0 aliphatic heterocycles. The van der Waals surface area contributed by atoms with E-state index in [9.17, 15) is 8.78 Å². The molecule has 1 nitrogen and oxygen atoms in total. The van der Waals surface area contributed by atoms with Gasteiger partial charge in [-0.15, -0.1) is 0 Å². The summed E-state index contributed by atoms with van der Waals surface area (Å²) in [6.45, 7) is 2.21. The van der Waals surface area contributed by atoms with Gasteiger partial charge >= 0.3 is 0 Å². The van der Waals surface area contributed by atoms with Crippen LogP contribution in [0.5, 0.6) is 0 Å². The fourth-order valence-electron chi connectivity index (χ4n) is 3.35. The average Bonchev–Trinajstić information content (AvgIpc) is 2.15. The summed E-state index contributed by atoms with van der Waals surface area (Å²) in [6.07, 6.45) is 5.55. The van der Waals surface area contributed by atoms with E-state index >= 15 is 0 Å². The molecule has 2 N–H and O–H groups in total. The molecule has 2 rings (SSSR count). The van der Waals surface area contributed by atoms with Crippen LogP contribution in [0.4, 0.5) is 8.78 Å². The van der Waals surface area contributed by atoms with Crippen LogP contribution in [0, 0.1) is 11.8 Å². The highest BCUT2D eigenvalue weighted by Crippen LogP contribution is 2.51. The topological polar surface area (TPSA) is 26.0 Å². The van der Waals surface area contributed by atoms with Crippen molar-refractivity contribution in [3.05, 3.63) is 0 Å². The zero-order valence-electron chi connectivity index (χ0n) is 9.44. The lowest BCUT2D eigenvalue weighted by molar-refractivity contribution is -0.144. The highest BCUT2D eigenvalue weighted by atomic mass is 19.3. The Morgan fingerprint density at radius 1 is 1.13 bits per heavy atom. The number of hydrogen-bond acceptors (Lipinski definition) is 1. The van der Waals surface area contributed by atoms with E-state index in [-0.39, 0.29) is 12.8 Å². The molecule has 0 unspecified atom stereocenters. The van der Waals surface area contributed by atoms with E-state index in [4.69, 9.17) is 5.73 Å². The highest BCUT2D eigenvalue weighted by molar-refractivity contribution is 5.07. The number of hydrogen-bond donors (Lipinski definition) is 1. The van der Waals surface area contributed by atoms with Crippen LogP contribution in [0.15, 0.2) is 0 Å². The van der Waals surface area contributed by atoms with Crippen LogP contribution in [0.2, 0.25) is 0 Å². The van der Waals surface area contributed by atoms with Crippen molar-refractivity contribution in [3.63, 3.8) is 0 Å². The summed E-state index contributed by atoms with van der Waals surface area (Å²) < 4.78 is 25.7. The standard InChI is InChI=1S/C12H21F2N/c1-2-9-3-5-10(6-4-9)11(15)7-12(13,14)8-11/h9-10H,2-8,15H2,1H3. The largest absolute Gasteiger partial charge is 0.324 e. The molecule has 2 saturated carbocycles. The van der Waals surface area contributed by atoms with Gasteiger partial charge in [-0.05, 0) is 24.7 Å². The van der Waals surface area contributed by atoms with Gasteiger partial charge in [-0.2, -0.15) is 0 Å². The maximum Gasteiger partial charge on any atom is 0.251 e. The number of rotatable bonds is 2. The number of halogens is 2. The SMILES string of the molecule is CCC1CCC(C2(N)CC(F)(F)C2)CC1. The molecule has 0 amide bonds. The first-order valence-electron chi connectivity index (χ1n) is 6.12. The summed E-state index contributed by atoms with van der Waals surface area (Å²) in [5, 5.41) is 0. The van der Waals surface area contributed by atoms with E-state index in [0.717, 1.165) is 18.8 Å². The van der Waals surface area contributed by atoms with E-state index in [1.807, 2.05) is 0 Å². The molecule has 3 heteroatoms. The summed E-state index contributed by atoms with van der Waals surface area (Å²) in [7, 11) is 0. The number of nitrogens with two attached hydrogens (primary N) is 1. The second-order valence-electron chi connectivity index (χ2n) is 5.57. The van der Waals surface area contributed by atoms with Crippen LogP contribution in [0.1, 0.15) is 51.9 Å². The molecule has 2 aliphatic carbocycles. The Bertz CT molecular complexity index is 224. The van der Waals surface area contributed by atoms with Gasteiger partial charge in [-0.1, -0.05) is 26.2 Å². The average molecular weight is 217 g/mol. The summed E-state index contributed by atoms with van der Waals surface area (Å²) >= 11 is 0. The molecule has 0 radical (unpaired) electrons. The lowest BCUT2D eigenvalue weighted by atomic mass is 9.61. The van der Waals surface area contributed by atoms with Gasteiger partial charge in [-0.25, -0.2) is 8.78 Å². The number of alkyl halides is 2. The van der Waals surface area contributed by atoms with Crippen LogP contribution in [-0.2, 0) is 0 Å². The van der Waals surface area contributed by atoms with Crippen molar-refractivity contribution in [3.8, 4) is 0 Å². The Morgan fingerprint density at radius 2 is 1.67 bits per heavy atom. The van der Waals surface area contributed by atoms with Crippen LogP contribution in [0.3, 0.4) is 0 Å². The molecule has 0 saturated heterocycles. The highest BCUT2D eigenvalue weighted by Gasteiger charge is 2.57. The molecule has 0 aromatic heterocycles. The lowest BCUT2D eigenvalue weighted by Gasteiger charge is -2.51. The van der Waals surface area contributed by atoms with Gasteiger partial charge in [-0.3, -0.25) is 0 Å². The van der Waals surface area contributed by atoms with Gasteiger partial charge in [0, 0.05) is 18.4 Å². The third-order valence-corrected chi connectivity index (χ3v) is 4.41. The minimum atomic E-state index is -2.48. The molecule has 0 spiro atoms. The van der Waals surface area contributed by atoms with Crippen LogP contribution in [-0.4, -0.2) is 11.5 Å². The first kappa shape index (κ1) is 11.3. The monoisotopic (exact) mass is 217 g/mol. The summed E-state index contributed by atoms with van der Waals surface area (Å²) in [5.41, 5.74) is 5.52. The third-order valence-electron chi connectivity index (χ3n) is 4.41. The van der Waals surface area contributed by atoms with Gasteiger partial charge in [0.25, 0.3) is 5.92 Å². The smallest absolute Gasteiger partial charge is 0.251 e. The van der Waals surface area contributed by atoms with Crippen molar-refractivity contribution >= 4 is 0 Å². The predicted molar refractivity (Wildman–Crippen MR) is 56.8 cm³/mol. The molecule has 0 heterocycles. The third kappa shape index (κ3) is 2.17. The Kier molecular flexibility index (Phi) is 2.78. The van der Waals surface area contributed by atoms with Crippen LogP contribution >= 0.6 is 0 Å². The van der Waals surface area contributed by atoms with Gasteiger partial charge in [0.2, 0.25) is 0 Å². The Labute approximate surface area is 90.4 Å². The van der Waals surface area contributed by atoms with Crippen molar-refractivity contribution in [2.75, 3.05) is 0 Å². The van der Waals surface area contributed by atoms with E-state index in [2.05, 4.69) is 6.92 Å². The van der Waals surface area contributed by atoms with Crippen molar-refractivity contribution in [1.82, 2.24) is 0 Å². The first-order chi connectivity index (χ1) is 6.95. The zero-order valence-corrected chi connectivity index (χ0v) is 9.44. The quantitative estimate of drug-likeness (QED) is 0.754. The van der Waals surface area contributed by atoms with E-state index < -0.39 is 11.5 Å². The summed E-state index contributed by atoms with van der Waals surface area (Å²) in [5.74, 6) is -1.32. The van der Waals surface area contributed by atoms with Gasteiger partial charge in [0.1, 0.15) is 0 Å². The summed E-state index contributed by atoms with van der Waals surface area (Å²) in [6, 6.07) is 0. The molecular weight excluding hydrogens is 196 g/mol. The minimum absolute atomic E-state index is 0.0819. The normalized spacial score (nSPS) is 38.4. The molecular formula is C12H21F2N. The molecule has 2 aliphatic rings. The molecule has 0 aromatic carbocycles. The van der Waals surface area contributed by atoms with E-state index in [1.54, 1.807) is 0 Å². The second kappa shape index (κ2) is 3.69. The first-order valence-corrected chi connectivity index (χ1v) is 6.12. The van der Waals surface area contributed by atoms with E-state index in [1.165, 1.54) is 19.3 Å². The van der Waals surface area contributed by atoms with Gasteiger partial charge in [0.05, 0.1) is 0 Å². The van der Waals surface area contributed by atoms with Gasteiger partial charge < -0.3 is 5.73 Å². The van der Waals surface area contributed by atoms with Crippen LogP contribution in [0.25, 0.3) is 0 Å².